The molecule has 3 aromatic heterocycles. The molecular formula is C34H42N8O4. The van der Waals surface area contributed by atoms with Crippen molar-refractivity contribution < 1.29 is 19.1 Å². The molecule has 0 bridgehead atoms. The molecular weight excluding hydrogens is 584 g/mol. The van der Waals surface area contributed by atoms with Crippen LogP contribution in [0.1, 0.15) is 49.7 Å². The van der Waals surface area contributed by atoms with Crippen LogP contribution in [-0.4, -0.2) is 99.8 Å². The van der Waals surface area contributed by atoms with Crippen molar-refractivity contribution in [2.75, 3.05) is 56.7 Å². The van der Waals surface area contributed by atoms with Crippen molar-refractivity contribution in [1.82, 2.24) is 29.7 Å². The second-order valence-corrected chi connectivity index (χ2v) is 12.9. The van der Waals surface area contributed by atoms with Gasteiger partial charge in [-0.2, -0.15) is 0 Å². The molecule has 0 unspecified atom stereocenters. The van der Waals surface area contributed by atoms with Gasteiger partial charge in [0.05, 0.1) is 18.6 Å². The molecule has 1 atom stereocenters. The van der Waals surface area contributed by atoms with Crippen LogP contribution in [0.4, 0.5) is 16.3 Å². The highest BCUT2D eigenvalue weighted by Crippen LogP contribution is 2.30. The van der Waals surface area contributed by atoms with E-state index in [2.05, 4.69) is 41.1 Å². The molecule has 46 heavy (non-hydrogen) atoms. The van der Waals surface area contributed by atoms with Crippen molar-refractivity contribution in [2.24, 2.45) is 0 Å². The van der Waals surface area contributed by atoms with Gasteiger partial charge in [-0.3, -0.25) is 14.7 Å². The Bertz CT molecular complexity index is 1680. The van der Waals surface area contributed by atoms with Crippen molar-refractivity contribution in [2.45, 2.75) is 51.8 Å². The third-order valence-electron chi connectivity index (χ3n) is 8.34. The Morgan fingerprint density at radius 3 is 2.61 bits per heavy atom. The number of aromatic amines is 1. The highest BCUT2D eigenvalue weighted by molar-refractivity contribution is 6.03. The number of fused-ring (bicyclic) bond motifs is 1. The zero-order valence-electron chi connectivity index (χ0n) is 27.0. The molecule has 2 aliphatic heterocycles. The highest BCUT2D eigenvalue weighted by atomic mass is 16.6. The van der Waals surface area contributed by atoms with Crippen LogP contribution in [0, 0.1) is 0 Å². The summed E-state index contributed by atoms with van der Waals surface area (Å²) in [4.78, 5) is 48.7. The number of amides is 2. The number of benzene rings is 1. The number of rotatable bonds is 7. The number of carbonyl (C=O) groups is 2. The van der Waals surface area contributed by atoms with E-state index in [1.54, 1.807) is 24.5 Å². The van der Waals surface area contributed by atoms with Gasteiger partial charge in [-0.15, -0.1) is 0 Å². The van der Waals surface area contributed by atoms with Gasteiger partial charge in [0.25, 0.3) is 5.91 Å². The molecule has 6 rings (SSSR count). The molecule has 2 fully saturated rings. The summed E-state index contributed by atoms with van der Waals surface area (Å²) < 4.78 is 11.1. The Morgan fingerprint density at radius 2 is 1.85 bits per heavy atom. The predicted molar refractivity (Wildman–Crippen MR) is 177 cm³/mol. The van der Waals surface area contributed by atoms with Gasteiger partial charge < -0.3 is 29.6 Å². The number of aromatic nitrogens is 4. The maximum Gasteiger partial charge on any atom is 0.410 e. The average molecular weight is 627 g/mol. The molecule has 1 aromatic carbocycles. The van der Waals surface area contributed by atoms with E-state index in [1.165, 1.54) is 0 Å². The number of carbonyl (C=O) groups excluding carboxylic acids is 2. The van der Waals surface area contributed by atoms with Crippen molar-refractivity contribution >= 4 is 34.5 Å². The van der Waals surface area contributed by atoms with Gasteiger partial charge in [0.1, 0.15) is 29.1 Å². The first-order valence-electron chi connectivity index (χ1n) is 15.8. The average Bonchev–Trinajstić information content (AvgIpc) is 3.49. The van der Waals surface area contributed by atoms with E-state index < -0.39 is 5.60 Å². The summed E-state index contributed by atoms with van der Waals surface area (Å²) in [5, 5.41) is 3.95. The molecule has 12 nitrogen and oxygen atoms in total. The van der Waals surface area contributed by atoms with Gasteiger partial charge in [0, 0.05) is 56.8 Å². The molecule has 4 aromatic rings. The van der Waals surface area contributed by atoms with E-state index in [1.807, 2.05) is 57.2 Å². The molecule has 0 aliphatic carbocycles. The number of piperidine rings is 1. The monoisotopic (exact) mass is 626 g/mol. The lowest BCUT2D eigenvalue weighted by Gasteiger charge is -2.38. The zero-order chi connectivity index (χ0) is 32.3. The Hall–Kier alpha value is -4.55. The topological polar surface area (TPSA) is 129 Å². The molecule has 2 saturated heterocycles. The number of pyridine rings is 1. The molecule has 2 aliphatic rings. The van der Waals surface area contributed by atoms with E-state index >= 15 is 0 Å². The van der Waals surface area contributed by atoms with Crippen LogP contribution in [0.3, 0.4) is 0 Å². The van der Waals surface area contributed by atoms with Crippen molar-refractivity contribution in [3.05, 3.63) is 66.2 Å². The zero-order valence-corrected chi connectivity index (χ0v) is 27.0. The summed E-state index contributed by atoms with van der Waals surface area (Å²) in [7, 11) is 1.81. The van der Waals surface area contributed by atoms with Gasteiger partial charge >= 0.3 is 6.09 Å². The van der Waals surface area contributed by atoms with Gasteiger partial charge in [0.15, 0.2) is 0 Å². The molecule has 5 heterocycles. The van der Waals surface area contributed by atoms with E-state index in [9.17, 15) is 9.59 Å². The van der Waals surface area contributed by atoms with Crippen LogP contribution >= 0.6 is 0 Å². The Kier molecular flexibility index (Phi) is 9.18. The van der Waals surface area contributed by atoms with Crippen LogP contribution in [0.15, 0.2) is 55.0 Å². The quantitative estimate of drug-likeness (QED) is 0.293. The smallest absolute Gasteiger partial charge is 0.410 e. The fourth-order valence-electron chi connectivity index (χ4n) is 5.97. The van der Waals surface area contributed by atoms with Crippen molar-refractivity contribution in [3.63, 3.8) is 0 Å². The minimum atomic E-state index is -0.531. The minimum Gasteiger partial charge on any atom is -0.444 e. The number of nitrogens with one attached hydrogen (secondary N) is 2. The van der Waals surface area contributed by atoms with Crippen LogP contribution in [-0.2, 0) is 16.0 Å². The second kappa shape index (κ2) is 13.4. The summed E-state index contributed by atoms with van der Waals surface area (Å²) in [5.74, 6) is 0.634. The molecule has 2 N–H and O–H groups in total. The maximum absolute atomic E-state index is 13.2. The molecule has 0 saturated carbocycles. The third kappa shape index (κ3) is 7.45. The largest absolute Gasteiger partial charge is 0.444 e. The van der Waals surface area contributed by atoms with Gasteiger partial charge in [-0.25, -0.2) is 14.8 Å². The number of nitrogens with zero attached hydrogens (tertiary/aromatic N) is 6. The number of anilines is 2. The first-order valence-corrected chi connectivity index (χ1v) is 15.8. The predicted octanol–water partition coefficient (Wildman–Crippen LogP) is 4.94. The number of hydrogen-bond donors (Lipinski definition) is 2. The van der Waals surface area contributed by atoms with E-state index in [0.717, 1.165) is 72.7 Å². The van der Waals surface area contributed by atoms with Crippen LogP contribution in [0.2, 0.25) is 0 Å². The van der Waals surface area contributed by atoms with Gasteiger partial charge in [-0.05, 0) is 81.6 Å². The van der Waals surface area contributed by atoms with Crippen molar-refractivity contribution in [1.29, 1.82) is 0 Å². The molecule has 0 spiro atoms. The normalized spacial score (nSPS) is 17.6. The number of likely N-dealkylation sites (N-methyl/N-ethyl adjacent to an activating group) is 1. The number of likely N-dealkylation sites (tertiary alicyclic amines) is 1. The minimum absolute atomic E-state index is 0.0697. The lowest BCUT2D eigenvalue weighted by atomic mass is 10.0. The first-order chi connectivity index (χ1) is 22.1. The Labute approximate surface area is 269 Å². The van der Waals surface area contributed by atoms with Crippen molar-refractivity contribution in [3.8, 4) is 11.3 Å². The summed E-state index contributed by atoms with van der Waals surface area (Å²) >= 11 is 0. The maximum atomic E-state index is 13.2. The molecule has 242 valence electrons. The third-order valence-corrected chi connectivity index (χ3v) is 8.34. The summed E-state index contributed by atoms with van der Waals surface area (Å²) in [5.41, 5.74) is 4.17. The van der Waals surface area contributed by atoms with Gasteiger partial charge in [0.2, 0.25) is 0 Å². The fraction of sp³-hybridized carbons (Fsp3) is 0.441. The Balaban J connectivity index is 1.07. The van der Waals surface area contributed by atoms with E-state index in [4.69, 9.17) is 9.47 Å². The summed E-state index contributed by atoms with van der Waals surface area (Å²) in [6.07, 6.45) is 4.87. The SMILES string of the molecule is CN(C(=O)OC(C)(C)C)[C@@H]1CCCN(Cc2ccnc(C(=O)Nc3ccc(-c4cc5c(N6CCOCC6)ncnc5[nH]4)cc3)c2)C1. The van der Waals surface area contributed by atoms with E-state index in [-0.39, 0.29) is 18.0 Å². The molecule has 2 amide bonds. The Morgan fingerprint density at radius 1 is 1.07 bits per heavy atom. The number of hydrogen-bond acceptors (Lipinski definition) is 9. The van der Waals surface area contributed by atoms with E-state index in [0.29, 0.717) is 31.1 Å². The number of ether oxygens (including phenoxy) is 2. The highest BCUT2D eigenvalue weighted by Gasteiger charge is 2.29. The summed E-state index contributed by atoms with van der Waals surface area (Å²) in [6.45, 7) is 10.9. The standard InChI is InChI=1S/C34H42N8O4/c1-34(2,3)46-33(44)40(4)26-6-5-13-41(21-26)20-23-11-12-35-29(18-23)32(43)38-25-9-7-24(8-10-25)28-19-27-30(39-28)36-22-37-31(27)42-14-16-45-17-15-42/h7-12,18-19,22,26H,5-6,13-17,20-21H2,1-4H3,(H,38,43)(H,36,37,39)/t26-/m1/s1. The fourth-order valence-corrected chi connectivity index (χ4v) is 5.97. The van der Waals surface area contributed by atoms with Crippen LogP contribution < -0.4 is 10.2 Å². The van der Waals surface area contributed by atoms with Crippen LogP contribution in [0.5, 0.6) is 0 Å². The molecule has 0 radical (unpaired) electrons. The first kappa shape index (κ1) is 31.4. The number of morpholine rings is 1. The lowest BCUT2D eigenvalue weighted by Crippen LogP contribution is -2.49. The second-order valence-electron chi connectivity index (χ2n) is 12.9. The van der Waals surface area contributed by atoms with Gasteiger partial charge in [-0.1, -0.05) is 12.1 Å². The lowest BCUT2D eigenvalue weighted by molar-refractivity contribution is 0.0129. The van der Waals surface area contributed by atoms with Crippen LogP contribution in [0.25, 0.3) is 22.3 Å². The molecule has 12 heteroatoms. The summed E-state index contributed by atoms with van der Waals surface area (Å²) in [6, 6.07) is 13.6. The number of H-pyrrole nitrogens is 1.